The van der Waals surface area contributed by atoms with Gasteiger partial charge in [-0.1, -0.05) is 30.3 Å². The van der Waals surface area contributed by atoms with E-state index in [0.29, 0.717) is 18.1 Å². The molecule has 0 N–H and O–H groups in total. The Morgan fingerprint density at radius 3 is 2.35 bits per heavy atom. The van der Waals surface area contributed by atoms with Crippen LogP contribution in [0.3, 0.4) is 0 Å². The second kappa shape index (κ2) is 3.82. The van der Waals surface area contributed by atoms with Gasteiger partial charge in [0.15, 0.2) is 0 Å². The van der Waals surface area contributed by atoms with Crippen molar-refractivity contribution in [1.82, 2.24) is 5.06 Å². The highest BCUT2D eigenvalue weighted by molar-refractivity contribution is 5.22. The van der Waals surface area contributed by atoms with Gasteiger partial charge in [0, 0.05) is 11.5 Å². The van der Waals surface area contributed by atoms with Crippen LogP contribution in [0.2, 0.25) is 0 Å². The highest BCUT2D eigenvalue weighted by Crippen LogP contribution is 2.51. The topological polar surface area (TPSA) is 12.5 Å². The van der Waals surface area contributed by atoms with Crippen LogP contribution in [0.1, 0.15) is 45.2 Å². The Balaban J connectivity index is 1.94. The normalized spacial score (nSPS) is 33.2. The molecule has 2 nitrogen and oxygen atoms in total. The van der Waals surface area contributed by atoms with Crippen LogP contribution in [0.15, 0.2) is 30.3 Å². The Labute approximate surface area is 104 Å². The molecule has 0 aromatic heterocycles. The van der Waals surface area contributed by atoms with Gasteiger partial charge >= 0.3 is 0 Å². The Morgan fingerprint density at radius 2 is 1.82 bits per heavy atom. The van der Waals surface area contributed by atoms with Crippen LogP contribution in [0.4, 0.5) is 0 Å². The van der Waals surface area contributed by atoms with Crippen LogP contribution in [-0.4, -0.2) is 16.7 Å². The van der Waals surface area contributed by atoms with E-state index in [2.05, 4.69) is 56.2 Å². The van der Waals surface area contributed by atoms with E-state index in [9.17, 15) is 0 Å². The number of hydrogen-bond acceptors (Lipinski definition) is 2. The van der Waals surface area contributed by atoms with Gasteiger partial charge in [-0.15, -0.1) is 0 Å². The maximum absolute atomic E-state index is 6.13. The van der Waals surface area contributed by atoms with Crippen LogP contribution >= 0.6 is 0 Å². The third kappa shape index (κ3) is 1.80. The molecule has 2 heteroatoms. The van der Waals surface area contributed by atoms with Gasteiger partial charge < -0.3 is 0 Å². The van der Waals surface area contributed by atoms with Gasteiger partial charge in [0.2, 0.25) is 0 Å². The first-order valence-electron chi connectivity index (χ1n) is 6.58. The standard InChI is InChI=1S/C15H21NO/c1-15(2,3)16-14(11-7-5-4-6-8-11)12-9-10-13(12)17-16/h4-8,12-14H,9-10H2,1-3H3/t12-,13+,14-/m1/s1. The summed E-state index contributed by atoms with van der Waals surface area (Å²) in [6.45, 7) is 6.69. The summed E-state index contributed by atoms with van der Waals surface area (Å²) >= 11 is 0. The van der Waals surface area contributed by atoms with Crippen LogP contribution in [0.5, 0.6) is 0 Å². The molecule has 0 radical (unpaired) electrons. The highest BCUT2D eigenvalue weighted by Gasteiger charge is 2.52. The van der Waals surface area contributed by atoms with Crippen molar-refractivity contribution in [2.24, 2.45) is 5.92 Å². The fraction of sp³-hybridized carbons (Fsp3) is 0.600. The van der Waals surface area contributed by atoms with Crippen molar-refractivity contribution in [3.05, 3.63) is 35.9 Å². The summed E-state index contributed by atoms with van der Waals surface area (Å²) in [5, 5.41) is 2.23. The van der Waals surface area contributed by atoms with Crippen molar-refractivity contribution in [2.45, 2.75) is 51.3 Å². The zero-order valence-corrected chi connectivity index (χ0v) is 10.9. The third-order valence-electron chi connectivity index (χ3n) is 3.97. The fourth-order valence-corrected chi connectivity index (χ4v) is 2.98. The molecule has 92 valence electrons. The molecule has 0 unspecified atom stereocenters. The van der Waals surface area contributed by atoms with Crippen molar-refractivity contribution >= 4 is 0 Å². The molecule has 0 spiro atoms. The minimum absolute atomic E-state index is 0.0673. The van der Waals surface area contributed by atoms with E-state index in [1.54, 1.807) is 0 Å². The van der Waals surface area contributed by atoms with E-state index in [1.807, 2.05) is 0 Å². The van der Waals surface area contributed by atoms with E-state index in [0.717, 1.165) is 0 Å². The van der Waals surface area contributed by atoms with Crippen molar-refractivity contribution < 1.29 is 4.84 Å². The first-order chi connectivity index (χ1) is 8.07. The number of hydroxylamine groups is 2. The lowest BCUT2D eigenvalue weighted by molar-refractivity contribution is -0.216. The molecule has 2 aliphatic rings. The van der Waals surface area contributed by atoms with Crippen LogP contribution in [-0.2, 0) is 4.84 Å². The third-order valence-corrected chi connectivity index (χ3v) is 3.97. The molecule has 1 aliphatic carbocycles. The van der Waals surface area contributed by atoms with Crippen LogP contribution < -0.4 is 0 Å². The largest absolute Gasteiger partial charge is 0.294 e. The van der Waals surface area contributed by atoms with Gasteiger partial charge in [0.25, 0.3) is 0 Å². The minimum Gasteiger partial charge on any atom is -0.294 e. The average Bonchev–Trinajstić information content (AvgIpc) is 2.51. The van der Waals surface area contributed by atoms with Crippen molar-refractivity contribution in [3.8, 4) is 0 Å². The number of benzene rings is 1. The predicted octanol–water partition coefficient (Wildman–Crippen LogP) is 3.55. The van der Waals surface area contributed by atoms with Crippen LogP contribution in [0.25, 0.3) is 0 Å². The summed E-state index contributed by atoms with van der Waals surface area (Å²) in [6.07, 6.45) is 2.98. The van der Waals surface area contributed by atoms with Gasteiger partial charge in [-0.2, -0.15) is 5.06 Å². The molecular formula is C15H21NO. The molecule has 3 atom stereocenters. The molecule has 2 fully saturated rings. The van der Waals surface area contributed by atoms with E-state index in [1.165, 1.54) is 18.4 Å². The maximum Gasteiger partial charge on any atom is 0.0841 e. The summed E-state index contributed by atoms with van der Waals surface area (Å²) in [6, 6.07) is 11.2. The van der Waals surface area contributed by atoms with Crippen LogP contribution in [0, 0.1) is 5.92 Å². The van der Waals surface area contributed by atoms with Crippen molar-refractivity contribution in [1.29, 1.82) is 0 Å². The quantitative estimate of drug-likeness (QED) is 0.733. The Bertz CT molecular complexity index is 395. The molecule has 17 heavy (non-hydrogen) atoms. The fourth-order valence-electron chi connectivity index (χ4n) is 2.98. The summed E-state index contributed by atoms with van der Waals surface area (Å²) in [4.78, 5) is 6.13. The molecule has 1 aliphatic heterocycles. The lowest BCUT2D eigenvalue weighted by Gasteiger charge is -2.36. The molecule has 1 saturated carbocycles. The van der Waals surface area contributed by atoms with Crippen molar-refractivity contribution in [2.75, 3.05) is 0 Å². The van der Waals surface area contributed by atoms with E-state index in [-0.39, 0.29) is 5.54 Å². The van der Waals surface area contributed by atoms with Gasteiger partial charge in [0.1, 0.15) is 0 Å². The van der Waals surface area contributed by atoms with Gasteiger partial charge in [-0.05, 0) is 39.2 Å². The van der Waals surface area contributed by atoms with Gasteiger partial charge in [-0.3, -0.25) is 4.84 Å². The number of fused-ring (bicyclic) bond motifs is 1. The summed E-state index contributed by atoms with van der Waals surface area (Å²) in [5.41, 5.74) is 1.47. The average molecular weight is 231 g/mol. The molecule has 0 amide bonds. The second-order valence-electron chi connectivity index (χ2n) is 6.24. The number of hydrogen-bond donors (Lipinski definition) is 0. The molecule has 1 heterocycles. The first kappa shape index (κ1) is 11.2. The Kier molecular flexibility index (Phi) is 2.53. The maximum atomic E-state index is 6.13. The van der Waals surface area contributed by atoms with Crippen molar-refractivity contribution in [3.63, 3.8) is 0 Å². The second-order valence-corrected chi connectivity index (χ2v) is 6.24. The lowest BCUT2D eigenvalue weighted by Crippen LogP contribution is -2.40. The summed E-state index contributed by atoms with van der Waals surface area (Å²) in [5.74, 6) is 0.691. The van der Waals surface area contributed by atoms with E-state index in [4.69, 9.17) is 4.84 Å². The minimum atomic E-state index is 0.0673. The van der Waals surface area contributed by atoms with E-state index >= 15 is 0 Å². The predicted molar refractivity (Wildman–Crippen MR) is 68.4 cm³/mol. The number of nitrogens with zero attached hydrogens (tertiary/aromatic N) is 1. The Morgan fingerprint density at radius 1 is 1.12 bits per heavy atom. The molecule has 0 bridgehead atoms. The van der Waals surface area contributed by atoms with E-state index < -0.39 is 0 Å². The van der Waals surface area contributed by atoms with Gasteiger partial charge in [-0.25, -0.2) is 0 Å². The SMILES string of the molecule is CC(C)(C)N1O[C@H]2CC[C@H]2[C@H]1c1ccccc1. The Hall–Kier alpha value is -0.860. The summed E-state index contributed by atoms with van der Waals surface area (Å²) in [7, 11) is 0. The highest BCUT2D eigenvalue weighted by atomic mass is 16.7. The zero-order chi connectivity index (χ0) is 12.0. The first-order valence-corrected chi connectivity index (χ1v) is 6.58. The molecule has 3 rings (SSSR count). The summed E-state index contributed by atoms with van der Waals surface area (Å²) < 4.78 is 0. The lowest BCUT2D eigenvalue weighted by atomic mass is 9.75. The zero-order valence-electron chi connectivity index (χ0n) is 10.9. The monoisotopic (exact) mass is 231 g/mol. The molecule has 1 saturated heterocycles. The molecule has 1 aromatic rings. The number of rotatable bonds is 1. The smallest absolute Gasteiger partial charge is 0.0841 e. The molecule has 1 aromatic carbocycles. The van der Waals surface area contributed by atoms with Gasteiger partial charge in [0.05, 0.1) is 12.1 Å². The molecular weight excluding hydrogens is 210 g/mol.